The van der Waals surface area contributed by atoms with E-state index in [4.69, 9.17) is 0 Å². The summed E-state index contributed by atoms with van der Waals surface area (Å²) in [6.07, 6.45) is 1.66. The van der Waals surface area contributed by atoms with Gasteiger partial charge in [-0.3, -0.25) is 0 Å². The van der Waals surface area contributed by atoms with Gasteiger partial charge in [-0.25, -0.2) is 9.97 Å². The van der Waals surface area contributed by atoms with Gasteiger partial charge >= 0.3 is 0 Å². The van der Waals surface area contributed by atoms with Crippen LogP contribution < -0.4 is 14.7 Å². The van der Waals surface area contributed by atoms with Crippen LogP contribution in [0.4, 0.5) is 17.5 Å². The number of anilines is 3. The number of hydrogen-bond donors (Lipinski definition) is 0. The van der Waals surface area contributed by atoms with E-state index < -0.39 is 0 Å². The molecule has 1 aliphatic rings. The monoisotopic (exact) mass is 323 g/mol. The average Bonchev–Trinajstić information content (AvgIpc) is 2.61. The second-order valence-corrected chi connectivity index (χ2v) is 6.02. The lowest BCUT2D eigenvalue weighted by atomic mass is 10.2. The topological polar surface area (TPSA) is 72.2 Å². The maximum absolute atomic E-state index is 9.22. The molecule has 0 aromatic carbocycles. The summed E-state index contributed by atoms with van der Waals surface area (Å²) >= 11 is 0. The molecular weight excluding hydrogens is 302 g/mol. The van der Waals surface area contributed by atoms with Gasteiger partial charge in [0.2, 0.25) is 5.95 Å². The molecule has 0 radical (unpaired) electrons. The largest absolute Gasteiger partial charge is 0.366 e. The highest BCUT2D eigenvalue weighted by atomic mass is 15.3. The zero-order valence-electron chi connectivity index (χ0n) is 14.3. The highest BCUT2D eigenvalue weighted by molar-refractivity contribution is 5.57. The molecular formula is C17H21N7. The van der Waals surface area contributed by atoms with E-state index in [1.165, 1.54) is 0 Å². The van der Waals surface area contributed by atoms with Gasteiger partial charge in [-0.05, 0) is 19.1 Å². The third kappa shape index (κ3) is 3.23. The minimum absolute atomic E-state index is 0.485. The van der Waals surface area contributed by atoms with Gasteiger partial charge in [0.05, 0.1) is 5.69 Å². The molecule has 2 aromatic heterocycles. The fourth-order valence-corrected chi connectivity index (χ4v) is 2.81. The lowest BCUT2D eigenvalue weighted by Gasteiger charge is -2.37. The first-order valence-corrected chi connectivity index (χ1v) is 7.96. The van der Waals surface area contributed by atoms with Gasteiger partial charge in [-0.1, -0.05) is 0 Å². The molecule has 2 aromatic rings. The maximum atomic E-state index is 9.22. The third-order valence-corrected chi connectivity index (χ3v) is 4.07. The van der Waals surface area contributed by atoms with E-state index in [2.05, 4.69) is 30.8 Å². The Morgan fingerprint density at radius 3 is 2.50 bits per heavy atom. The molecule has 0 N–H and O–H groups in total. The Morgan fingerprint density at radius 2 is 1.83 bits per heavy atom. The normalized spacial score (nSPS) is 14.4. The Bertz CT molecular complexity index is 758. The lowest BCUT2D eigenvalue weighted by molar-refractivity contribution is 0.644. The molecule has 0 aliphatic carbocycles. The van der Waals surface area contributed by atoms with Gasteiger partial charge in [-0.15, -0.1) is 0 Å². The molecule has 3 heterocycles. The highest BCUT2D eigenvalue weighted by Crippen LogP contribution is 2.22. The van der Waals surface area contributed by atoms with Gasteiger partial charge in [0.1, 0.15) is 11.9 Å². The molecule has 0 atom stereocenters. The van der Waals surface area contributed by atoms with Crippen LogP contribution in [0, 0.1) is 18.3 Å². The number of aromatic nitrogens is 3. The molecule has 1 aliphatic heterocycles. The fourth-order valence-electron chi connectivity index (χ4n) is 2.81. The van der Waals surface area contributed by atoms with Crippen LogP contribution in [-0.2, 0) is 0 Å². The van der Waals surface area contributed by atoms with E-state index in [0.29, 0.717) is 5.69 Å². The molecule has 0 unspecified atom stereocenters. The van der Waals surface area contributed by atoms with Crippen LogP contribution >= 0.6 is 0 Å². The number of nitriles is 1. The highest BCUT2D eigenvalue weighted by Gasteiger charge is 2.21. The Balaban J connectivity index is 1.75. The van der Waals surface area contributed by atoms with Crippen molar-refractivity contribution >= 4 is 17.5 Å². The van der Waals surface area contributed by atoms with Crippen molar-refractivity contribution in [1.82, 2.24) is 15.0 Å². The van der Waals surface area contributed by atoms with E-state index in [-0.39, 0.29) is 0 Å². The Morgan fingerprint density at radius 1 is 1.12 bits per heavy atom. The molecule has 124 valence electrons. The van der Waals surface area contributed by atoms with E-state index in [9.17, 15) is 5.26 Å². The molecule has 0 saturated carbocycles. The van der Waals surface area contributed by atoms with Crippen molar-refractivity contribution in [3.63, 3.8) is 0 Å². The molecule has 7 heteroatoms. The number of pyridine rings is 1. The zero-order chi connectivity index (χ0) is 17.1. The van der Waals surface area contributed by atoms with E-state index in [1.54, 1.807) is 6.20 Å². The molecule has 3 rings (SSSR count). The predicted molar refractivity (Wildman–Crippen MR) is 94.5 cm³/mol. The van der Waals surface area contributed by atoms with Crippen molar-refractivity contribution in [3.8, 4) is 6.07 Å². The summed E-state index contributed by atoms with van der Waals surface area (Å²) < 4.78 is 0. The first-order valence-electron chi connectivity index (χ1n) is 7.96. The second-order valence-electron chi connectivity index (χ2n) is 6.02. The van der Waals surface area contributed by atoms with Crippen molar-refractivity contribution in [2.75, 3.05) is 55.0 Å². The molecule has 7 nitrogen and oxygen atoms in total. The van der Waals surface area contributed by atoms with E-state index in [0.717, 1.165) is 49.3 Å². The van der Waals surface area contributed by atoms with Crippen LogP contribution in [0.5, 0.6) is 0 Å². The van der Waals surface area contributed by atoms with Gasteiger partial charge in [-0.2, -0.15) is 10.2 Å². The first-order chi connectivity index (χ1) is 11.6. The van der Waals surface area contributed by atoms with Crippen molar-refractivity contribution in [3.05, 3.63) is 35.8 Å². The minimum Gasteiger partial charge on any atom is -0.366 e. The van der Waals surface area contributed by atoms with Crippen LogP contribution in [0.15, 0.2) is 24.4 Å². The van der Waals surface area contributed by atoms with Crippen LogP contribution in [0.3, 0.4) is 0 Å². The molecule has 0 bridgehead atoms. The Hall–Kier alpha value is -2.88. The minimum atomic E-state index is 0.485. The summed E-state index contributed by atoms with van der Waals surface area (Å²) in [5.41, 5.74) is 2.36. The quantitative estimate of drug-likeness (QED) is 0.846. The lowest BCUT2D eigenvalue weighted by Crippen LogP contribution is -2.47. The standard InChI is InChI=1S/C17H21N7/c1-13-11-16(21-17(20-13)22(2)3)24-9-7-23(8-10-24)15-5-4-6-19-14(15)12-18/h4-6,11H,7-10H2,1-3H3. The fraction of sp³-hybridized carbons (Fsp3) is 0.412. The summed E-state index contributed by atoms with van der Waals surface area (Å²) in [4.78, 5) is 19.6. The van der Waals surface area contributed by atoms with E-state index >= 15 is 0 Å². The number of rotatable bonds is 3. The summed E-state index contributed by atoms with van der Waals surface area (Å²) in [5.74, 6) is 1.68. The van der Waals surface area contributed by atoms with Crippen molar-refractivity contribution in [1.29, 1.82) is 5.26 Å². The molecule has 24 heavy (non-hydrogen) atoms. The average molecular weight is 323 g/mol. The van der Waals surface area contributed by atoms with Crippen LogP contribution in [-0.4, -0.2) is 55.2 Å². The van der Waals surface area contributed by atoms with Crippen LogP contribution in [0.1, 0.15) is 11.4 Å². The molecule has 1 fully saturated rings. The molecule has 0 amide bonds. The number of piperazine rings is 1. The smallest absolute Gasteiger partial charge is 0.226 e. The van der Waals surface area contributed by atoms with Crippen molar-refractivity contribution < 1.29 is 0 Å². The van der Waals surface area contributed by atoms with Gasteiger partial charge < -0.3 is 14.7 Å². The Kier molecular flexibility index (Phi) is 4.47. The molecule has 1 saturated heterocycles. The first kappa shape index (κ1) is 16.0. The van der Waals surface area contributed by atoms with Gasteiger partial charge in [0.25, 0.3) is 0 Å². The summed E-state index contributed by atoms with van der Waals surface area (Å²) in [7, 11) is 3.89. The summed E-state index contributed by atoms with van der Waals surface area (Å²) in [6.45, 7) is 5.36. The zero-order valence-corrected chi connectivity index (χ0v) is 14.3. The van der Waals surface area contributed by atoms with Crippen molar-refractivity contribution in [2.24, 2.45) is 0 Å². The number of aryl methyl sites for hydroxylation is 1. The SMILES string of the molecule is Cc1cc(N2CCN(c3cccnc3C#N)CC2)nc(N(C)C)n1. The Labute approximate surface area is 142 Å². The van der Waals surface area contributed by atoms with Crippen molar-refractivity contribution in [2.45, 2.75) is 6.92 Å². The number of hydrogen-bond acceptors (Lipinski definition) is 7. The number of nitrogens with zero attached hydrogens (tertiary/aromatic N) is 7. The second kappa shape index (κ2) is 6.71. The molecule has 0 spiro atoms. The van der Waals surface area contributed by atoms with Crippen LogP contribution in [0.25, 0.3) is 0 Å². The summed E-state index contributed by atoms with van der Waals surface area (Å²) in [6, 6.07) is 8.03. The third-order valence-electron chi connectivity index (χ3n) is 4.07. The maximum Gasteiger partial charge on any atom is 0.226 e. The van der Waals surface area contributed by atoms with E-state index in [1.807, 2.05) is 44.1 Å². The van der Waals surface area contributed by atoms with Crippen LogP contribution in [0.2, 0.25) is 0 Å². The predicted octanol–water partition coefficient (Wildman–Crippen LogP) is 1.44. The summed E-state index contributed by atoms with van der Waals surface area (Å²) in [5, 5.41) is 9.22. The van der Waals surface area contributed by atoms with Gasteiger partial charge in [0, 0.05) is 58.2 Å². The van der Waals surface area contributed by atoms with Gasteiger partial charge in [0.15, 0.2) is 5.69 Å².